The smallest absolute Gasteiger partial charge is 0.416 e. The third kappa shape index (κ3) is 5.29. The summed E-state index contributed by atoms with van der Waals surface area (Å²) >= 11 is 0. The van der Waals surface area contributed by atoms with E-state index in [1.165, 1.54) is 6.07 Å². The van der Waals surface area contributed by atoms with Gasteiger partial charge in [-0.15, -0.1) is 0 Å². The molecule has 35 heavy (non-hydrogen) atoms. The molecule has 3 atom stereocenters. The molecule has 1 saturated carbocycles. The molecule has 0 spiro atoms. The highest BCUT2D eigenvalue weighted by atomic mass is 19.4. The minimum atomic E-state index is -4.45. The highest BCUT2D eigenvalue weighted by molar-refractivity contribution is 5.83. The van der Waals surface area contributed by atoms with E-state index in [1.54, 1.807) is 4.90 Å². The van der Waals surface area contributed by atoms with E-state index in [0.717, 1.165) is 44.4 Å². The van der Waals surface area contributed by atoms with Gasteiger partial charge in [0.15, 0.2) is 6.73 Å². The Morgan fingerprint density at radius 3 is 2.60 bits per heavy atom. The van der Waals surface area contributed by atoms with Gasteiger partial charge in [-0.2, -0.15) is 13.2 Å². The first-order chi connectivity index (χ1) is 16.5. The van der Waals surface area contributed by atoms with Crippen LogP contribution in [0, 0.1) is 17.3 Å². The first-order valence-corrected chi connectivity index (χ1v) is 12.6. The van der Waals surface area contributed by atoms with Crippen LogP contribution in [0.5, 0.6) is 5.75 Å². The van der Waals surface area contributed by atoms with Gasteiger partial charge in [0.1, 0.15) is 5.75 Å². The molecular weight excluding hydrogens is 461 g/mol. The van der Waals surface area contributed by atoms with Gasteiger partial charge in [-0.05, 0) is 75.7 Å². The van der Waals surface area contributed by atoms with Crippen LogP contribution < -0.4 is 4.74 Å². The van der Waals surface area contributed by atoms with Gasteiger partial charge >= 0.3 is 12.1 Å². The van der Waals surface area contributed by atoms with Crippen molar-refractivity contribution in [3.63, 3.8) is 0 Å². The SMILES string of the molecule is CC(C)[C@]1(C(=O)N2COc3ccc(C(F)(F)F)cc3C2)CC[C@@H](N2CCCCC(C(=O)O)CC2)C1. The summed E-state index contributed by atoms with van der Waals surface area (Å²) in [6.45, 7) is 5.81. The lowest BCUT2D eigenvalue weighted by Gasteiger charge is -2.40. The number of aliphatic carboxylic acids is 1. The monoisotopic (exact) mass is 496 g/mol. The lowest BCUT2D eigenvalue weighted by atomic mass is 9.74. The van der Waals surface area contributed by atoms with Gasteiger partial charge in [0.25, 0.3) is 0 Å². The van der Waals surface area contributed by atoms with Crippen molar-refractivity contribution < 1.29 is 32.6 Å². The van der Waals surface area contributed by atoms with E-state index in [2.05, 4.69) is 4.90 Å². The van der Waals surface area contributed by atoms with E-state index in [4.69, 9.17) is 4.74 Å². The molecule has 9 heteroatoms. The first kappa shape index (κ1) is 25.8. The van der Waals surface area contributed by atoms with Crippen LogP contribution in [-0.4, -0.2) is 52.6 Å². The van der Waals surface area contributed by atoms with Crippen LogP contribution in [0.3, 0.4) is 0 Å². The summed E-state index contributed by atoms with van der Waals surface area (Å²) in [4.78, 5) is 29.3. The quantitative estimate of drug-likeness (QED) is 0.624. The van der Waals surface area contributed by atoms with Gasteiger partial charge in [-0.3, -0.25) is 9.59 Å². The molecule has 2 fully saturated rings. The van der Waals surface area contributed by atoms with E-state index in [0.29, 0.717) is 37.1 Å². The molecule has 1 aromatic rings. The summed E-state index contributed by atoms with van der Waals surface area (Å²) in [5, 5.41) is 9.47. The number of ether oxygens (including phenoxy) is 1. The van der Waals surface area contributed by atoms with Crippen LogP contribution in [0.4, 0.5) is 13.2 Å². The number of carbonyl (C=O) groups is 2. The normalized spacial score (nSPS) is 28.2. The average Bonchev–Trinajstić information content (AvgIpc) is 3.23. The average molecular weight is 497 g/mol. The molecule has 2 heterocycles. The molecule has 1 aromatic carbocycles. The minimum absolute atomic E-state index is 0.0281. The van der Waals surface area contributed by atoms with Gasteiger partial charge in [0, 0.05) is 11.6 Å². The summed E-state index contributed by atoms with van der Waals surface area (Å²) in [5.74, 6) is -0.664. The van der Waals surface area contributed by atoms with Gasteiger partial charge in [-0.1, -0.05) is 20.3 Å². The van der Waals surface area contributed by atoms with E-state index in [9.17, 15) is 27.9 Å². The zero-order chi connectivity index (χ0) is 25.4. The summed E-state index contributed by atoms with van der Waals surface area (Å²) in [6, 6.07) is 3.61. The molecule has 0 aromatic heterocycles. The number of fused-ring (bicyclic) bond motifs is 1. The van der Waals surface area contributed by atoms with Gasteiger partial charge in [0.05, 0.1) is 23.4 Å². The number of rotatable bonds is 4. The lowest BCUT2D eigenvalue weighted by Crippen LogP contribution is -2.49. The Balaban J connectivity index is 1.49. The number of amides is 1. The number of carbonyl (C=O) groups excluding carboxylic acids is 1. The van der Waals surface area contributed by atoms with E-state index in [-0.39, 0.29) is 37.1 Å². The Hall–Kier alpha value is -2.29. The number of hydrogen-bond acceptors (Lipinski definition) is 4. The van der Waals surface area contributed by atoms with Crippen molar-refractivity contribution in [3.8, 4) is 5.75 Å². The number of carboxylic acid groups (broad SMARTS) is 1. The van der Waals surface area contributed by atoms with Crippen molar-refractivity contribution in [1.82, 2.24) is 9.80 Å². The van der Waals surface area contributed by atoms with Gasteiger partial charge < -0.3 is 19.6 Å². The highest BCUT2D eigenvalue weighted by Gasteiger charge is 2.51. The summed E-state index contributed by atoms with van der Waals surface area (Å²) in [5.41, 5.74) is -0.983. The Labute approximate surface area is 204 Å². The second kappa shape index (κ2) is 9.99. The number of alkyl halides is 3. The topological polar surface area (TPSA) is 70.1 Å². The second-order valence-electron chi connectivity index (χ2n) is 10.7. The van der Waals surface area contributed by atoms with Crippen molar-refractivity contribution in [2.24, 2.45) is 17.3 Å². The first-order valence-electron chi connectivity index (χ1n) is 12.6. The summed E-state index contributed by atoms with van der Waals surface area (Å²) in [7, 11) is 0. The minimum Gasteiger partial charge on any atom is -0.481 e. The maximum absolute atomic E-state index is 13.9. The zero-order valence-electron chi connectivity index (χ0n) is 20.4. The fraction of sp³-hybridized carbons (Fsp3) is 0.692. The number of halogens is 3. The second-order valence-corrected chi connectivity index (χ2v) is 10.7. The van der Waals surface area contributed by atoms with E-state index < -0.39 is 23.1 Å². The van der Waals surface area contributed by atoms with Crippen LogP contribution in [0.15, 0.2) is 18.2 Å². The zero-order valence-corrected chi connectivity index (χ0v) is 20.4. The molecule has 0 bridgehead atoms. The van der Waals surface area contributed by atoms with Crippen molar-refractivity contribution in [2.45, 2.75) is 77.6 Å². The molecule has 3 aliphatic rings. The number of hydrogen-bond donors (Lipinski definition) is 1. The molecule has 4 rings (SSSR count). The molecule has 194 valence electrons. The third-order valence-corrected chi connectivity index (χ3v) is 8.35. The molecule has 1 unspecified atom stereocenters. The summed E-state index contributed by atoms with van der Waals surface area (Å²) < 4.78 is 45.3. The molecule has 6 nitrogen and oxygen atoms in total. The molecule has 2 aliphatic heterocycles. The van der Waals surface area contributed by atoms with Crippen molar-refractivity contribution in [1.29, 1.82) is 0 Å². The fourth-order valence-corrected chi connectivity index (χ4v) is 6.09. The fourth-order valence-electron chi connectivity index (χ4n) is 6.09. The predicted molar refractivity (Wildman–Crippen MR) is 124 cm³/mol. The molecule has 0 radical (unpaired) electrons. The van der Waals surface area contributed by atoms with E-state index >= 15 is 0 Å². The number of likely N-dealkylation sites (tertiary alicyclic amines) is 1. The Bertz CT molecular complexity index is 951. The molecular formula is C26H35F3N2O4. The van der Waals surface area contributed by atoms with Crippen LogP contribution in [0.2, 0.25) is 0 Å². The van der Waals surface area contributed by atoms with Crippen LogP contribution in [0.25, 0.3) is 0 Å². The number of nitrogens with zero attached hydrogens (tertiary/aromatic N) is 2. The van der Waals surface area contributed by atoms with Crippen molar-refractivity contribution >= 4 is 11.9 Å². The maximum atomic E-state index is 13.9. The Morgan fingerprint density at radius 2 is 1.91 bits per heavy atom. The highest BCUT2D eigenvalue weighted by Crippen LogP contribution is 2.48. The molecule has 1 N–H and O–H groups in total. The lowest BCUT2D eigenvalue weighted by molar-refractivity contribution is -0.150. The molecule has 1 amide bonds. The van der Waals surface area contributed by atoms with Crippen LogP contribution in [-0.2, 0) is 22.3 Å². The number of carboxylic acids is 1. The molecule has 1 saturated heterocycles. The van der Waals surface area contributed by atoms with Gasteiger partial charge in [0.2, 0.25) is 5.91 Å². The summed E-state index contributed by atoms with van der Waals surface area (Å²) in [6.07, 6.45) is 0.948. The van der Waals surface area contributed by atoms with E-state index in [1.807, 2.05) is 13.8 Å². The van der Waals surface area contributed by atoms with Crippen molar-refractivity contribution in [2.75, 3.05) is 19.8 Å². The predicted octanol–water partition coefficient (Wildman–Crippen LogP) is 5.16. The maximum Gasteiger partial charge on any atom is 0.416 e. The Kier molecular flexibility index (Phi) is 7.36. The Morgan fingerprint density at radius 1 is 1.14 bits per heavy atom. The largest absolute Gasteiger partial charge is 0.481 e. The van der Waals surface area contributed by atoms with Crippen molar-refractivity contribution in [3.05, 3.63) is 29.3 Å². The van der Waals surface area contributed by atoms with Crippen LogP contribution >= 0.6 is 0 Å². The molecule has 1 aliphatic carbocycles. The standard InChI is InChI=1S/C26H35F3N2O4/c1-17(2)25(10-8-21(14-25)30-11-4-3-5-18(9-12-30)23(32)33)24(34)31-15-19-13-20(26(27,28)29)6-7-22(19)35-16-31/h6-7,13,17-18,21H,3-5,8-12,14-16H2,1-2H3,(H,32,33)/t18?,21-,25+/m1/s1. The third-order valence-electron chi connectivity index (χ3n) is 8.35. The van der Waals surface area contributed by atoms with Gasteiger partial charge in [-0.25, -0.2) is 0 Å². The van der Waals surface area contributed by atoms with Crippen LogP contribution in [0.1, 0.15) is 69.9 Å². The number of benzene rings is 1.